The highest BCUT2D eigenvalue weighted by Gasteiger charge is 2.27. The number of amides is 2. The normalized spacial score (nSPS) is 15.1. The van der Waals surface area contributed by atoms with E-state index in [1.807, 2.05) is 30.3 Å². The summed E-state index contributed by atoms with van der Waals surface area (Å²) >= 11 is 0. The Bertz CT molecular complexity index is 580. The number of hydrogen-bond acceptors (Lipinski definition) is 3. The lowest BCUT2D eigenvalue weighted by Crippen LogP contribution is -2.45. The third-order valence-corrected chi connectivity index (χ3v) is 4.47. The van der Waals surface area contributed by atoms with Crippen LogP contribution in [0.2, 0.25) is 0 Å². The molecule has 0 aromatic heterocycles. The topological polar surface area (TPSA) is 77.9 Å². The summed E-state index contributed by atoms with van der Waals surface area (Å²) < 4.78 is 0. The van der Waals surface area contributed by atoms with Gasteiger partial charge < -0.3 is 14.9 Å². The first kappa shape index (κ1) is 18.0. The van der Waals surface area contributed by atoms with Gasteiger partial charge in [0.2, 0.25) is 11.8 Å². The lowest BCUT2D eigenvalue weighted by Gasteiger charge is -2.31. The second kappa shape index (κ2) is 8.47. The first-order valence-corrected chi connectivity index (χ1v) is 8.26. The van der Waals surface area contributed by atoms with Gasteiger partial charge in [0.15, 0.2) is 0 Å². The van der Waals surface area contributed by atoms with Gasteiger partial charge in [0.05, 0.1) is 12.5 Å². The van der Waals surface area contributed by atoms with Crippen LogP contribution in [-0.4, -0.2) is 59.4 Å². The first-order chi connectivity index (χ1) is 11.5. The second-order valence-corrected chi connectivity index (χ2v) is 6.23. The number of carboxylic acid groups (broad SMARTS) is 1. The van der Waals surface area contributed by atoms with Gasteiger partial charge in [0, 0.05) is 26.6 Å². The maximum atomic E-state index is 12.2. The summed E-state index contributed by atoms with van der Waals surface area (Å²) in [6, 6.07) is 9.77. The number of aliphatic carboxylic acids is 1. The smallest absolute Gasteiger partial charge is 0.306 e. The van der Waals surface area contributed by atoms with Crippen molar-refractivity contribution in [2.75, 3.05) is 26.7 Å². The summed E-state index contributed by atoms with van der Waals surface area (Å²) in [6.45, 7) is 0.940. The quantitative estimate of drug-likeness (QED) is 0.854. The molecule has 1 N–H and O–H groups in total. The van der Waals surface area contributed by atoms with Gasteiger partial charge in [-0.05, 0) is 24.8 Å². The van der Waals surface area contributed by atoms with Gasteiger partial charge in [-0.3, -0.25) is 14.4 Å². The Morgan fingerprint density at radius 1 is 1.17 bits per heavy atom. The van der Waals surface area contributed by atoms with Crippen LogP contribution in [0.5, 0.6) is 0 Å². The van der Waals surface area contributed by atoms with Crippen LogP contribution in [0.3, 0.4) is 0 Å². The Labute approximate surface area is 142 Å². The molecule has 24 heavy (non-hydrogen) atoms. The summed E-state index contributed by atoms with van der Waals surface area (Å²) in [5, 5.41) is 8.98. The van der Waals surface area contributed by atoms with Gasteiger partial charge in [-0.2, -0.15) is 0 Å². The lowest BCUT2D eigenvalue weighted by molar-refractivity contribution is -0.146. The summed E-state index contributed by atoms with van der Waals surface area (Å²) in [5.41, 5.74) is 1.10. The van der Waals surface area contributed by atoms with E-state index in [9.17, 15) is 14.4 Å². The van der Waals surface area contributed by atoms with Gasteiger partial charge in [-0.25, -0.2) is 0 Å². The molecule has 0 unspecified atom stereocenters. The highest BCUT2D eigenvalue weighted by Crippen LogP contribution is 2.17. The standard InChI is InChI=1S/C18H24N2O4/c1-19(16(21)8-7-14-5-3-2-4-6-14)13-17(22)20-11-9-15(10-12-20)18(23)24/h2-6,15H,7-13H2,1H3,(H,23,24). The van der Waals surface area contributed by atoms with Crippen molar-refractivity contribution in [1.82, 2.24) is 9.80 Å². The minimum atomic E-state index is -0.796. The van der Waals surface area contributed by atoms with E-state index in [0.29, 0.717) is 38.8 Å². The predicted octanol–water partition coefficient (Wildman–Crippen LogP) is 1.40. The summed E-state index contributed by atoms with van der Waals surface area (Å²) in [4.78, 5) is 38.4. The molecular weight excluding hydrogens is 308 g/mol. The lowest BCUT2D eigenvalue weighted by atomic mass is 9.97. The molecule has 2 amide bonds. The van der Waals surface area contributed by atoms with Crippen LogP contribution in [0.4, 0.5) is 0 Å². The monoisotopic (exact) mass is 332 g/mol. The number of carbonyl (C=O) groups excluding carboxylic acids is 2. The number of carbonyl (C=O) groups is 3. The zero-order valence-corrected chi connectivity index (χ0v) is 14.0. The summed E-state index contributed by atoms with van der Waals surface area (Å²) in [5.74, 6) is -1.34. The Hall–Kier alpha value is -2.37. The van der Waals surface area contributed by atoms with Crippen LogP contribution in [0.1, 0.15) is 24.8 Å². The largest absolute Gasteiger partial charge is 0.481 e. The van der Waals surface area contributed by atoms with E-state index in [0.717, 1.165) is 5.56 Å². The molecule has 0 spiro atoms. The molecule has 1 heterocycles. The molecular formula is C18H24N2O4. The summed E-state index contributed by atoms with van der Waals surface area (Å²) in [6.07, 6.45) is 1.98. The van der Waals surface area contributed by atoms with Crippen LogP contribution in [0.25, 0.3) is 0 Å². The average Bonchev–Trinajstić information content (AvgIpc) is 2.60. The Morgan fingerprint density at radius 2 is 1.79 bits per heavy atom. The van der Waals surface area contributed by atoms with Crippen LogP contribution in [-0.2, 0) is 20.8 Å². The van der Waals surface area contributed by atoms with E-state index in [1.165, 1.54) is 4.90 Å². The van der Waals surface area contributed by atoms with E-state index in [1.54, 1.807) is 11.9 Å². The van der Waals surface area contributed by atoms with E-state index < -0.39 is 5.97 Å². The number of hydrogen-bond donors (Lipinski definition) is 1. The van der Waals surface area contributed by atoms with E-state index in [-0.39, 0.29) is 24.3 Å². The van der Waals surface area contributed by atoms with E-state index in [2.05, 4.69) is 0 Å². The molecule has 0 atom stereocenters. The van der Waals surface area contributed by atoms with Crippen LogP contribution >= 0.6 is 0 Å². The molecule has 0 aliphatic carbocycles. The molecule has 1 aliphatic heterocycles. The Balaban J connectivity index is 1.75. The van der Waals surface area contributed by atoms with Crippen molar-refractivity contribution >= 4 is 17.8 Å². The van der Waals surface area contributed by atoms with Crippen molar-refractivity contribution in [1.29, 1.82) is 0 Å². The Kier molecular flexibility index (Phi) is 6.35. The molecule has 1 aromatic rings. The fraction of sp³-hybridized carbons (Fsp3) is 0.500. The SMILES string of the molecule is CN(CC(=O)N1CCC(C(=O)O)CC1)C(=O)CCc1ccccc1. The number of rotatable bonds is 6. The zero-order valence-electron chi connectivity index (χ0n) is 14.0. The number of likely N-dealkylation sites (tertiary alicyclic amines) is 1. The third kappa shape index (κ3) is 5.08. The van der Waals surface area contributed by atoms with Gasteiger partial charge in [-0.15, -0.1) is 0 Å². The molecule has 1 saturated heterocycles. The van der Waals surface area contributed by atoms with Gasteiger partial charge in [0.1, 0.15) is 0 Å². The first-order valence-electron chi connectivity index (χ1n) is 8.26. The number of aryl methyl sites for hydroxylation is 1. The molecule has 0 saturated carbocycles. The molecule has 0 bridgehead atoms. The molecule has 1 fully saturated rings. The molecule has 0 radical (unpaired) electrons. The molecule has 6 nitrogen and oxygen atoms in total. The molecule has 1 aliphatic rings. The van der Waals surface area contributed by atoms with Gasteiger partial charge in [-0.1, -0.05) is 30.3 Å². The van der Waals surface area contributed by atoms with Crippen molar-refractivity contribution in [3.8, 4) is 0 Å². The van der Waals surface area contributed by atoms with Crippen LogP contribution in [0.15, 0.2) is 30.3 Å². The van der Waals surface area contributed by atoms with Gasteiger partial charge >= 0.3 is 5.97 Å². The number of benzene rings is 1. The minimum absolute atomic E-state index is 0.0470. The maximum Gasteiger partial charge on any atom is 0.306 e. The highest BCUT2D eigenvalue weighted by atomic mass is 16.4. The van der Waals surface area contributed by atoms with Crippen molar-refractivity contribution in [2.24, 2.45) is 5.92 Å². The second-order valence-electron chi connectivity index (χ2n) is 6.23. The van der Waals surface area contributed by atoms with Crippen molar-refractivity contribution in [2.45, 2.75) is 25.7 Å². The van der Waals surface area contributed by atoms with E-state index in [4.69, 9.17) is 5.11 Å². The minimum Gasteiger partial charge on any atom is -0.481 e. The van der Waals surface area contributed by atoms with Crippen molar-refractivity contribution in [3.05, 3.63) is 35.9 Å². The fourth-order valence-electron chi connectivity index (χ4n) is 2.85. The fourth-order valence-corrected chi connectivity index (χ4v) is 2.85. The summed E-state index contributed by atoms with van der Waals surface area (Å²) in [7, 11) is 1.63. The molecule has 6 heteroatoms. The molecule has 2 rings (SSSR count). The molecule has 130 valence electrons. The number of piperidine rings is 1. The van der Waals surface area contributed by atoms with Gasteiger partial charge in [0.25, 0.3) is 0 Å². The number of carboxylic acids is 1. The van der Waals surface area contributed by atoms with Crippen molar-refractivity contribution < 1.29 is 19.5 Å². The predicted molar refractivity (Wildman–Crippen MR) is 89.3 cm³/mol. The van der Waals surface area contributed by atoms with Crippen LogP contribution < -0.4 is 0 Å². The average molecular weight is 332 g/mol. The number of likely N-dealkylation sites (N-methyl/N-ethyl adjacent to an activating group) is 1. The van der Waals surface area contributed by atoms with Crippen molar-refractivity contribution in [3.63, 3.8) is 0 Å². The van der Waals surface area contributed by atoms with Crippen LogP contribution in [0, 0.1) is 5.92 Å². The Morgan fingerprint density at radius 3 is 2.38 bits per heavy atom. The number of nitrogens with zero attached hydrogens (tertiary/aromatic N) is 2. The third-order valence-electron chi connectivity index (χ3n) is 4.47. The molecule has 1 aromatic carbocycles. The highest BCUT2D eigenvalue weighted by molar-refractivity contribution is 5.85. The maximum absolute atomic E-state index is 12.2. The van der Waals surface area contributed by atoms with E-state index >= 15 is 0 Å². The zero-order chi connectivity index (χ0) is 17.5.